The van der Waals surface area contributed by atoms with Gasteiger partial charge in [-0.2, -0.15) is 5.10 Å². The van der Waals surface area contributed by atoms with Crippen LogP contribution in [0.15, 0.2) is 43.0 Å². The molecule has 4 rings (SSSR count). The van der Waals surface area contributed by atoms with Crippen LogP contribution in [0.25, 0.3) is 5.82 Å². The van der Waals surface area contributed by atoms with Crippen LogP contribution in [0, 0.1) is 11.6 Å². The summed E-state index contributed by atoms with van der Waals surface area (Å²) in [6.45, 7) is 2.78. The average molecular weight is 371 g/mol. The van der Waals surface area contributed by atoms with Crippen molar-refractivity contribution in [1.82, 2.24) is 19.7 Å². The largest absolute Gasteiger partial charge is 0.393 e. The van der Waals surface area contributed by atoms with Crippen molar-refractivity contribution in [3.8, 4) is 5.82 Å². The number of nitrogen functional groups attached to an aromatic ring is 1. The van der Waals surface area contributed by atoms with Crippen LogP contribution in [0.5, 0.6) is 0 Å². The van der Waals surface area contributed by atoms with Gasteiger partial charge in [-0.1, -0.05) is 0 Å². The van der Waals surface area contributed by atoms with Crippen molar-refractivity contribution in [2.24, 2.45) is 0 Å². The SMILES string of the molecule is Nc1c(N2CCCN(c3ccc(F)c(F)c3)CC2)ncnc1-n1cccn1. The summed E-state index contributed by atoms with van der Waals surface area (Å²) in [7, 11) is 0. The molecule has 2 N–H and O–H groups in total. The molecule has 1 saturated heterocycles. The van der Waals surface area contributed by atoms with Crippen molar-refractivity contribution in [2.45, 2.75) is 6.42 Å². The lowest BCUT2D eigenvalue weighted by molar-refractivity contribution is 0.508. The van der Waals surface area contributed by atoms with E-state index in [-0.39, 0.29) is 0 Å². The molecule has 1 fully saturated rings. The Morgan fingerprint density at radius 1 is 0.926 bits per heavy atom. The zero-order valence-electron chi connectivity index (χ0n) is 14.6. The maximum atomic E-state index is 13.6. The summed E-state index contributed by atoms with van der Waals surface area (Å²) in [6, 6.07) is 5.79. The maximum Gasteiger partial charge on any atom is 0.181 e. The van der Waals surface area contributed by atoms with Crippen molar-refractivity contribution in [2.75, 3.05) is 41.7 Å². The minimum Gasteiger partial charge on any atom is -0.393 e. The molecule has 0 unspecified atom stereocenters. The first-order valence-corrected chi connectivity index (χ1v) is 8.69. The molecule has 0 bridgehead atoms. The van der Waals surface area contributed by atoms with Gasteiger partial charge in [-0.15, -0.1) is 0 Å². The lowest BCUT2D eigenvalue weighted by Crippen LogP contribution is -2.32. The molecule has 2 aromatic heterocycles. The van der Waals surface area contributed by atoms with Gasteiger partial charge in [0.15, 0.2) is 23.3 Å². The van der Waals surface area contributed by atoms with E-state index < -0.39 is 11.6 Å². The zero-order chi connectivity index (χ0) is 18.8. The molecule has 0 spiro atoms. The van der Waals surface area contributed by atoms with Gasteiger partial charge in [-0.3, -0.25) is 0 Å². The van der Waals surface area contributed by atoms with Gasteiger partial charge >= 0.3 is 0 Å². The van der Waals surface area contributed by atoms with Crippen LogP contribution < -0.4 is 15.5 Å². The molecule has 0 amide bonds. The summed E-state index contributed by atoms with van der Waals surface area (Å²) in [5.74, 6) is -0.484. The fourth-order valence-electron chi connectivity index (χ4n) is 3.28. The maximum absolute atomic E-state index is 13.6. The van der Waals surface area contributed by atoms with E-state index in [0.717, 1.165) is 25.6 Å². The lowest BCUT2D eigenvalue weighted by Gasteiger charge is -2.25. The van der Waals surface area contributed by atoms with Crippen molar-refractivity contribution in [3.63, 3.8) is 0 Å². The molecule has 3 aromatic rings. The second-order valence-electron chi connectivity index (χ2n) is 6.31. The molecule has 27 heavy (non-hydrogen) atoms. The number of nitrogens with two attached hydrogens (primary N) is 1. The van der Waals surface area contributed by atoms with Gasteiger partial charge in [0.2, 0.25) is 0 Å². The molecule has 0 aliphatic carbocycles. The molecule has 0 radical (unpaired) electrons. The van der Waals surface area contributed by atoms with E-state index in [1.54, 1.807) is 29.2 Å². The van der Waals surface area contributed by atoms with E-state index in [0.29, 0.717) is 36.1 Å². The van der Waals surface area contributed by atoms with Gasteiger partial charge in [0.25, 0.3) is 0 Å². The Morgan fingerprint density at radius 3 is 2.48 bits per heavy atom. The van der Waals surface area contributed by atoms with E-state index in [1.807, 2.05) is 4.90 Å². The van der Waals surface area contributed by atoms with Crippen LogP contribution in [0.2, 0.25) is 0 Å². The van der Waals surface area contributed by atoms with Gasteiger partial charge in [-0.25, -0.2) is 23.4 Å². The second kappa shape index (κ2) is 7.18. The van der Waals surface area contributed by atoms with E-state index in [4.69, 9.17) is 5.73 Å². The van der Waals surface area contributed by atoms with Crippen LogP contribution >= 0.6 is 0 Å². The third-order valence-corrected chi connectivity index (χ3v) is 4.63. The first-order chi connectivity index (χ1) is 13.1. The lowest BCUT2D eigenvalue weighted by atomic mass is 10.2. The summed E-state index contributed by atoms with van der Waals surface area (Å²) in [5, 5.41) is 4.17. The van der Waals surface area contributed by atoms with Crippen molar-refractivity contribution < 1.29 is 8.78 Å². The van der Waals surface area contributed by atoms with E-state index in [9.17, 15) is 8.78 Å². The van der Waals surface area contributed by atoms with Gasteiger partial charge < -0.3 is 15.5 Å². The van der Waals surface area contributed by atoms with E-state index in [2.05, 4.69) is 20.0 Å². The van der Waals surface area contributed by atoms with Crippen LogP contribution in [0.4, 0.5) is 26.0 Å². The molecule has 140 valence electrons. The molecule has 0 atom stereocenters. The summed E-state index contributed by atoms with van der Waals surface area (Å²) in [4.78, 5) is 12.7. The molecule has 1 aliphatic rings. The Kier molecular flexibility index (Phi) is 4.57. The molecule has 3 heterocycles. The Bertz CT molecular complexity index is 929. The third kappa shape index (κ3) is 3.40. The Morgan fingerprint density at radius 2 is 1.70 bits per heavy atom. The first kappa shape index (κ1) is 17.2. The molecular weight excluding hydrogens is 352 g/mol. The predicted octanol–water partition coefficient (Wildman–Crippen LogP) is 2.24. The number of nitrogens with zero attached hydrogens (tertiary/aromatic N) is 6. The Labute approximate surface area is 155 Å². The Hall–Kier alpha value is -3.23. The number of halogens is 2. The van der Waals surface area contributed by atoms with Crippen LogP contribution in [-0.4, -0.2) is 45.9 Å². The molecule has 0 saturated carbocycles. The molecule has 7 nitrogen and oxygen atoms in total. The fraction of sp³-hybridized carbons (Fsp3) is 0.278. The van der Waals surface area contributed by atoms with Crippen molar-refractivity contribution in [1.29, 1.82) is 0 Å². The van der Waals surface area contributed by atoms with E-state index >= 15 is 0 Å². The monoisotopic (exact) mass is 371 g/mol. The smallest absolute Gasteiger partial charge is 0.181 e. The van der Waals surface area contributed by atoms with Gasteiger partial charge in [0, 0.05) is 50.3 Å². The molecule has 1 aliphatic heterocycles. The minimum absolute atomic E-state index is 0.461. The average Bonchev–Trinajstić information content (AvgIpc) is 3.09. The van der Waals surface area contributed by atoms with E-state index in [1.165, 1.54) is 12.4 Å². The number of hydrogen-bond acceptors (Lipinski definition) is 6. The van der Waals surface area contributed by atoms with Crippen LogP contribution in [0.3, 0.4) is 0 Å². The molecular formula is C18H19F2N7. The standard InChI is InChI=1S/C18H19F2N7/c19-14-4-3-13(11-15(14)20)25-6-2-7-26(10-9-25)17-16(21)18(23-12-22-17)27-8-1-5-24-27/h1,3-5,8,11-12H,2,6-7,9-10,21H2. The highest BCUT2D eigenvalue weighted by molar-refractivity contribution is 5.70. The second-order valence-corrected chi connectivity index (χ2v) is 6.31. The van der Waals surface area contributed by atoms with Crippen LogP contribution in [0.1, 0.15) is 6.42 Å². The Balaban J connectivity index is 1.55. The van der Waals surface area contributed by atoms with Crippen LogP contribution in [-0.2, 0) is 0 Å². The van der Waals surface area contributed by atoms with Crippen molar-refractivity contribution >= 4 is 17.2 Å². The van der Waals surface area contributed by atoms with Gasteiger partial charge in [0.1, 0.15) is 12.0 Å². The highest BCUT2D eigenvalue weighted by Crippen LogP contribution is 2.27. The quantitative estimate of drug-likeness (QED) is 0.761. The van der Waals surface area contributed by atoms with Gasteiger partial charge in [-0.05, 0) is 24.6 Å². The summed E-state index contributed by atoms with van der Waals surface area (Å²) < 4.78 is 28.4. The fourth-order valence-corrected chi connectivity index (χ4v) is 3.28. The zero-order valence-corrected chi connectivity index (χ0v) is 14.6. The summed E-state index contributed by atoms with van der Waals surface area (Å²) in [6.07, 6.45) is 5.74. The van der Waals surface area contributed by atoms with Crippen molar-refractivity contribution in [3.05, 3.63) is 54.6 Å². The molecule has 1 aromatic carbocycles. The molecule has 9 heteroatoms. The highest BCUT2D eigenvalue weighted by atomic mass is 19.2. The normalized spacial score (nSPS) is 15.0. The highest BCUT2D eigenvalue weighted by Gasteiger charge is 2.21. The number of benzene rings is 1. The number of hydrogen-bond donors (Lipinski definition) is 1. The number of rotatable bonds is 3. The summed E-state index contributed by atoms with van der Waals surface area (Å²) >= 11 is 0. The number of anilines is 3. The van der Waals surface area contributed by atoms with Gasteiger partial charge in [0.05, 0.1) is 0 Å². The topological polar surface area (TPSA) is 76.1 Å². The summed E-state index contributed by atoms with van der Waals surface area (Å²) in [5.41, 5.74) is 7.44. The third-order valence-electron chi connectivity index (χ3n) is 4.63. The predicted molar refractivity (Wildman–Crippen MR) is 99.0 cm³/mol. The minimum atomic E-state index is -0.838. The first-order valence-electron chi connectivity index (χ1n) is 8.69. The number of aromatic nitrogens is 4.